The van der Waals surface area contributed by atoms with Gasteiger partial charge in [0.2, 0.25) is 5.60 Å². The van der Waals surface area contributed by atoms with Gasteiger partial charge in [0.15, 0.2) is 11.6 Å². The number of primary amides is 1. The predicted octanol–water partition coefficient (Wildman–Crippen LogP) is 5.05. The Morgan fingerprint density at radius 3 is 2.49 bits per heavy atom. The summed E-state index contributed by atoms with van der Waals surface area (Å²) in [6, 6.07) is 4.59. The van der Waals surface area contributed by atoms with Crippen LogP contribution in [0.1, 0.15) is 52.2 Å². The van der Waals surface area contributed by atoms with Crippen molar-refractivity contribution in [2.45, 2.75) is 37.6 Å². The van der Waals surface area contributed by atoms with Crippen molar-refractivity contribution >= 4 is 34.3 Å². The average Bonchev–Trinajstić information content (AvgIpc) is 3.74. The number of halogens is 6. The molecule has 238 valence electrons. The largest absolute Gasteiger partial charge is 0.494 e. The van der Waals surface area contributed by atoms with Crippen LogP contribution in [0, 0.1) is 11.6 Å². The maximum atomic E-state index is 15.1. The average molecular weight is 654 g/mol. The molecule has 1 aliphatic carbocycles. The highest BCUT2D eigenvalue weighted by molar-refractivity contribution is 6.31. The molecule has 1 fully saturated rings. The zero-order valence-electron chi connectivity index (χ0n) is 23.6. The number of fused-ring (bicyclic) bond motifs is 1. The number of aromatic nitrogens is 3. The van der Waals surface area contributed by atoms with Gasteiger partial charge >= 0.3 is 6.18 Å². The minimum Gasteiger partial charge on any atom is -0.494 e. The van der Waals surface area contributed by atoms with Crippen molar-refractivity contribution in [1.82, 2.24) is 20.1 Å². The molecule has 2 heterocycles. The first kappa shape index (κ1) is 31.9. The third-order valence-corrected chi connectivity index (χ3v) is 7.44. The SMILES string of the molecule is CCOc1c(C(N)=O)cc([C@@](O)(CNC(=O)c2cc(OC)c3nn(C4CC4)cc3c2)C(F)(F)F)nc1-c1cc(F)cc(Cl)c1F. The van der Waals surface area contributed by atoms with Gasteiger partial charge in [0.1, 0.15) is 22.8 Å². The van der Waals surface area contributed by atoms with E-state index < -0.39 is 75.1 Å². The van der Waals surface area contributed by atoms with Gasteiger partial charge in [-0.1, -0.05) is 11.6 Å². The van der Waals surface area contributed by atoms with Crippen molar-refractivity contribution < 1.29 is 46.1 Å². The lowest BCUT2D eigenvalue weighted by Crippen LogP contribution is -2.51. The van der Waals surface area contributed by atoms with Crippen molar-refractivity contribution in [3.8, 4) is 22.8 Å². The van der Waals surface area contributed by atoms with Crippen molar-refractivity contribution in [2.24, 2.45) is 5.73 Å². The Hall–Kier alpha value is -4.50. The lowest BCUT2D eigenvalue weighted by molar-refractivity contribution is -0.265. The maximum Gasteiger partial charge on any atom is 0.424 e. The topological polar surface area (TPSA) is 142 Å². The first-order valence-electron chi connectivity index (χ1n) is 13.5. The Balaban J connectivity index is 1.58. The first-order chi connectivity index (χ1) is 21.2. The third-order valence-electron chi connectivity index (χ3n) is 7.17. The standard InChI is InChI=1S/C29H25ClF5N5O5/c1-3-45-25-18(26(36)41)10-21(38-24(25)17-8-15(31)9-19(30)22(17)32)28(43,29(33,34)35)12-37-27(42)13-6-14-11-40(16-4-5-16)39-23(14)20(7-13)44-2/h6-11,16,43H,3-5,12H2,1-2H3,(H2,36,41)(H,37,42)/t28-/m0/s1. The fourth-order valence-electron chi connectivity index (χ4n) is 4.71. The summed E-state index contributed by atoms with van der Waals surface area (Å²) in [6.45, 7) is -0.254. The number of amides is 2. The number of alkyl halides is 3. The van der Waals surface area contributed by atoms with Crippen molar-refractivity contribution in [2.75, 3.05) is 20.3 Å². The molecular weight excluding hydrogens is 629 g/mol. The summed E-state index contributed by atoms with van der Waals surface area (Å²) in [5, 5.41) is 17.4. The number of hydrogen-bond acceptors (Lipinski definition) is 7. The fourth-order valence-corrected chi connectivity index (χ4v) is 4.92. The molecule has 5 rings (SSSR count). The van der Waals surface area contributed by atoms with E-state index >= 15 is 4.39 Å². The number of nitrogens with zero attached hydrogens (tertiary/aromatic N) is 3. The summed E-state index contributed by atoms with van der Waals surface area (Å²) < 4.78 is 85.6. The van der Waals surface area contributed by atoms with Crippen molar-refractivity contribution in [3.05, 3.63) is 70.0 Å². The highest BCUT2D eigenvalue weighted by Gasteiger charge is 2.57. The van der Waals surface area contributed by atoms with E-state index in [2.05, 4.69) is 10.1 Å². The Kier molecular flexibility index (Phi) is 8.35. The number of rotatable bonds is 10. The summed E-state index contributed by atoms with van der Waals surface area (Å²) in [5.74, 6) is -5.11. The van der Waals surface area contributed by atoms with E-state index in [1.807, 2.05) is 5.32 Å². The first-order valence-corrected chi connectivity index (χ1v) is 13.8. The zero-order valence-corrected chi connectivity index (χ0v) is 24.4. The molecule has 16 heteroatoms. The molecule has 2 amide bonds. The second-order valence-electron chi connectivity index (χ2n) is 10.3. The molecule has 0 spiro atoms. The summed E-state index contributed by atoms with van der Waals surface area (Å²) in [5.41, 5.74) is -1.76. The smallest absolute Gasteiger partial charge is 0.424 e. The van der Waals surface area contributed by atoms with Crippen molar-refractivity contribution in [3.63, 3.8) is 0 Å². The lowest BCUT2D eigenvalue weighted by atomic mass is 9.94. The van der Waals surface area contributed by atoms with E-state index in [0.29, 0.717) is 29.1 Å². The van der Waals surface area contributed by atoms with Crippen LogP contribution in [0.5, 0.6) is 11.5 Å². The number of ether oxygens (including phenoxy) is 2. The molecule has 0 bridgehead atoms. The van der Waals surface area contributed by atoms with Crippen LogP contribution >= 0.6 is 11.6 Å². The monoisotopic (exact) mass is 653 g/mol. The van der Waals surface area contributed by atoms with Crippen molar-refractivity contribution in [1.29, 1.82) is 0 Å². The van der Waals surface area contributed by atoms with E-state index in [9.17, 15) is 32.3 Å². The quantitative estimate of drug-likeness (QED) is 0.161. The molecule has 2 aromatic carbocycles. The molecule has 0 saturated heterocycles. The molecule has 1 atom stereocenters. The highest BCUT2D eigenvalue weighted by Crippen LogP contribution is 2.43. The molecule has 10 nitrogen and oxygen atoms in total. The Labute approximate surface area is 256 Å². The number of carbonyl (C=O) groups is 2. The van der Waals surface area contributed by atoms with E-state index in [1.165, 1.54) is 26.2 Å². The summed E-state index contributed by atoms with van der Waals surface area (Å²) in [6.07, 6.45) is -1.99. The van der Waals surface area contributed by atoms with Gasteiger partial charge in [-0.05, 0) is 50.1 Å². The van der Waals surface area contributed by atoms with Crippen LogP contribution in [0.15, 0.2) is 36.5 Å². The normalized spacial score (nSPS) is 14.7. The fraction of sp³-hybridized carbons (Fsp3) is 0.310. The molecule has 1 saturated carbocycles. The van der Waals surface area contributed by atoms with Gasteiger partial charge in [-0.15, -0.1) is 0 Å². The molecule has 0 radical (unpaired) electrons. The van der Waals surface area contributed by atoms with Crippen LogP contribution in [0.3, 0.4) is 0 Å². The second kappa shape index (κ2) is 11.8. The third kappa shape index (κ3) is 5.96. The van der Waals surface area contributed by atoms with Gasteiger partial charge in [-0.2, -0.15) is 18.3 Å². The summed E-state index contributed by atoms with van der Waals surface area (Å²) >= 11 is 5.76. The molecule has 0 aliphatic heterocycles. The van der Waals surface area contributed by atoms with Gasteiger partial charge < -0.3 is 25.6 Å². The van der Waals surface area contributed by atoms with E-state index in [4.69, 9.17) is 26.8 Å². The van der Waals surface area contributed by atoms with Gasteiger partial charge in [0, 0.05) is 22.7 Å². The Bertz CT molecular complexity index is 1830. The zero-order chi connectivity index (χ0) is 32.8. The van der Waals surface area contributed by atoms with Crippen LogP contribution in [0.4, 0.5) is 22.0 Å². The second-order valence-corrected chi connectivity index (χ2v) is 10.7. The Morgan fingerprint density at radius 1 is 1.18 bits per heavy atom. The number of aliphatic hydroxyl groups is 1. The minimum atomic E-state index is -5.53. The van der Waals surface area contributed by atoms with Crippen LogP contribution in [0.2, 0.25) is 5.02 Å². The number of methoxy groups -OCH3 is 1. The van der Waals surface area contributed by atoms with Gasteiger partial charge in [0.25, 0.3) is 11.8 Å². The van der Waals surface area contributed by atoms with Crippen LogP contribution in [0.25, 0.3) is 22.2 Å². The maximum absolute atomic E-state index is 15.1. The predicted molar refractivity (Wildman–Crippen MR) is 151 cm³/mol. The molecular formula is C29H25ClF5N5O5. The summed E-state index contributed by atoms with van der Waals surface area (Å²) in [4.78, 5) is 29.3. The molecule has 45 heavy (non-hydrogen) atoms. The number of hydrogen-bond donors (Lipinski definition) is 3. The number of carbonyl (C=O) groups excluding carboxylic acids is 2. The summed E-state index contributed by atoms with van der Waals surface area (Å²) in [7, 11) is 1.34. The van der Waals surface area contributed by atoms with Crippen LogP contribution < -0.4 is 20.5 Å². The molecule has 4 aromatic rings. The van der Waals surface area contributed by atoms with E-state index in [-0.39, 0.29) is 24.0 Å². The lowest BCUT2D eigenvalue weighted by Gasteiger charge is -2.31. The number of pyridine rings is 1. The van der Waals surface area contributed by atoms with E-state index in [0.717, 1.165) is 12.8 Å². The van der Waals surface area contributed by atoms with Crippen LogP contribution in [-0.2, 0) is 5.60 Å². The number of nitrogens with two attached hydrogens (primary N) is 1. The molecule has 0 unspecified atom stereocenters. The highest BCUT2D eigenvalue weighted by atomic mass is 35.5. The number of nitrogens with one attached hydrogen (secondary N) is 1. The van der Waals surface area contributed by atoms with Gasteiger partial charge in [0.05, 0.1) is 42.6 Å². The minimum absolute atomic E-state index is 0.103. The molecule has 2 aromatic heterocycles. The molecule has 4 N–H and O–H groups in total. The van der Waals surface area contributed by atoms with Gasteiger partial charge in [-0.25, -0.2) is 13.8 Å². The van der Waals surface area contributed by atoms with Gasteiger partial charge in [-0.3, -0.25) is 14.3 Å². The van der Waals surface area contributed by atoms with Crippen LogP contribution in [-0.4, -0.2) is 58.1 Å². The Morgan fingerprint density at radius 2 is 1.89 bits per heavy atom. The number of benzene rings is 2. The van der Waals surface area contributed by atoms with E-state index in [1.54, 1.807) is 10.9 Å². The molecule has 1 aliphatic rings.